The van der Waals surface area contributed by atoms with E-state index < -0.39 is 0 Å². The van der Waals surface area contributed by atoms with Crippen LogP contribution in [0.2, 0.25) is 0 Å². The summed E-state index contributed by atoms with van der Waals surface area (Å²) in [5.41, 5.74) is 2.54. The molecule has 2 unspecified atom stereocenters. The average molecular weight is 491 g/mol. The third-order valence-electron chi connectivity index (χ3n) is 5.69. The van der Waals surface area contributed by atoms with E-state index in [9.17, 15) is 9.59 Å². The number of rotatable bonds is 7. The van der Waals surface area contributed by atoms with Crippen molar-refractivity contribution in [2.24, 2.45) is 15.9 Å². The van der Waals surface area contributed by atoms with Gasteiger partial charge in [0.15, 0.2) is 5.17 Å². The van der Waals surface area contributed by atoms with Crippen molar-refractivity contribution in [3.05, 3.63) is 71.8 Å². The molecule has 35 heavy (non-hydrogen) atoms. The molecule has 2 N–H and O–H groups in total. The molecule has 1 fully saturated rings. The number of carbonyl (C=O) groups excluding carboxylic acids is 2. The summed E-state index contributed by atoms with van der Waals surface area (Å²) in [7, 11) is 0. The molecule has 2 amide bonds. The first-order valence-electron chi connectivity index (χ1n) is 11.5. The van der Waals surface area contributed by atoms with Crippen molar-refractivity contribution in [1.29, 1.82) is 0 Å². The van der Waals surface area contributed by atoms with Gasteiger partial charge in [0.2, 0.25) is 17.7 Å². The standard InChI is InChI=1S/C26H26N4O4S/c1-16-7-10-19(27-22(31)15-33-14-17-5-3-2-4-6-17)13-21(16)34-23-12-11-20-25(29-23)35-26(28-20)30-24(32)18-8-9-18/h2-7,10-13,18,20,25H,8-9,14-15H2,1H3,(H,27,31)(H,28,30,32). The monoisotopic (exact) mass is 490 g/mol. The highest BCUT2D eigenvalue weighted by atomic mass is 32.2. The van der Waals surface area contributed by atoms with Crippen LogP contribution < -0.4 is 15.4 Å². The van der Waals surface area contributed by atoms with Gasteiger partial charge in [0.25, 0.3) is 0 Å². The third-order valence-corrected chi connectivity index (χ3v) is 6.75. The first-order chi connectivity index (χ1) is 17.0. The van der Waals surface area contributed by atoms with Gasteiger partial charge in [-0.15, -0.1) is 0 Å². The van der Waals surface area contributed by atoms with Crippen molar-refractivity contribution < 1.29 is 19.1 Å². The molecule has 2 aromatic carbocycles. The van der Waals surface area contributed by atoms with Crippen LogP contribution in [0.3, 0.4) is 0 Å². The summed E-state index contributed by atoms with van der Waals surface area (Å²) in [5, 5.41) is 6.18. The number of hydrogen-bond acceptors (Lipinski definition) is 7. The second-order valence-corrected chi connectivity index (χ2v) is 9.74. The van der Waals surface area contributed by atoms with E-state index in [1.54, 1.807) is 12.1 Å². The highest BCUT2D eigenvalue weighted by Crippen LogP contribution is 2.33. The van der Waals surface area contributed by atoms with Crippen LogP contribution in [-0.2, 0) is 20.9 Å². The molecule has 1 saturated carbocycles. The number of benzene rings is 2. The van der Waals surface area contributed by atoms with Crippen LogP contribution >= 0.6 is 11.8 Å². The molecule has 0 bridgehead atoms. The fourth-order valence-electron chi connectivity index (χ4n) is 3.61. The number of aryl methyl sites for hydroxylation is 1. The molecule has 5 rings (SSSR count). The summed E-state index contributed by atoms with van der Waals surface area (Å²) in [5.74, 6) is 0.987. The van der Waals surface area contributed by atoms with Crippen molar-refractivity contribution in [2.75, 3.05) is 11.9 Å². The van der Waals surface area contributed by atoms with Crippen LogP contribution in [0.4, 0.5) is 5.69 Å². The molecule has 0 saturated heterocycles. The fourth-order valence-corrected chi connectivity index (χ4v) is 4.63. The molecule has 2 heterocycles. The topological polar surface area (TPSA) is 101 Å². The molecule has 0 radical (unpaired) electrons. The minimum Gasteiger partial charge on any atom is -0.439 e. The molecule has 2 atom stereocenters. The second kappa shape index (κ2) is 10.5. The lowest BCUT2D eigenvalue weighted by Gasteiger charge is -2.17. The molecular weight excluding hydrogens is 464 g/mol. The number of carbonyl (C=O) groups is 2. The molecule has 9 heteroatoms. The predicted octanol–water partition coefficient (Wildman–Crippen LogP) is 3.82. The number of dihydropyridines is 1. The number of nitrogens with one attached hydrogen (secondary N) is 2. The van der Waals surface area contributed by atoms with E-state index >= 15 is 0 Å². The first-order valence-corrected chi connectivity index (χ1v) is 12.4. The number of ether oxygens (including phenoxy) is 2. The van der Waals surface area contributed by atoms with Gasteiger partial charge in [0.1, 0.15) is 23.8 Å². The quantitative estimate of drug-likeness (QED) is 0.615. The Morgan fingerprint density at radius 1 is 1.09 bits per heavy atom. The minimum absolute atomic E-state index is 0.0410. The Labute approximate surface area is 207 Å². The predicted molar refractivity (Wildman–Crippen MR) is 137 cm³/mol. The van der Waals surface area contributed by atoms with E-state index in [1.165, 1.54) is 11.8 Å². The van der Waals surface area contributed by atoms with Gasteiger partial charge in [0, 0.05) is 17.7 Å². The molecule has 3 aliphatic rings. The Bertz CT molecular complexity index is 1210. The van der Waals surface area contributed by atoms with Gasteiger partial charge in [-0.05, 0) is 43.0 Å². The van der Waals surface area contributed by atoms with E-state index in [2.05, 4.69) is 20.6 Å². The number of thioether (sulfide) groups is 1. The normalized spacial score (nSPS) is 20.5. The number of anilines is 1. The average Bonchev–Trinajstić information content (AvgIpc) is 3.63. The Balaban J connectivity index is 1.15. The van der Waals surface area contributed by atoms with Crippen molar-refractivity contribution in [3.63, 3.8) is 0 Å². The largest absolute Gasteiger partial charge is 0.439 e. The molecule has 0 aromatic heterocycles. The zero-order valence-corrected chi connectivity index (χ0v) is 20.1. The molecule has 8 nitrogen and oxygen atoms in total. The van der Waals surface area contributed by atoms with Gasteiger partial charge in [0.05, 0.1) is 6.61 Å². The summed E-state index contributed by atoms with van der Waals surface area (Å²) in [6.07, 6.45) is 5.62. The summed E-state index contributed by atoms with van der Waals surface area (Å²) < 4.78 is 11.6. The molecule has 2 aromatic rings. The van der Waals surface area contributed by atoms with Crippen molar-refractivity contribution >= 4 is 40.3 Å². The SMILES string of the molecule is Cc1ccc(NC(=O)COCc2ccccc2)cc1OC1=NC2SC(NC(=O)C3CC3)=NC2C=C1. The summed E-state index contributed by atoms with van der Waals surface area (Å²) >= 11 is 1.43. The van der Waals surface area contributed by atoms with Gasteiger partial charge in [-0.3, -0.25) is 14.6 Å². The summed E-state index contributed by atoms with van der Waals surface area (Å²) in [6, 6.07) is 15.1. The van der Waals surface area contributed by atoms with E-state index in [1.807, 2.05) is 55.5 Å². The van der Waals surface area contributed by atoms with Crippen molar-refractivity contribution in [2.45, 2.75) is 37.8 Å². The van der Waals surface area contributed by atoms with Crippen LogP contribution in [0, 0.1) is 12.8 Å². The lowest BCUT2D eigenvalue weighted by Crippen LogP contribution is -2.28. The number of amidine groups is 1. The van der Waals surface area contributed by atoms with Gasteiger partial charge < -0.3 is 20.1 Å². The van der Waals surface area contributed by atoms with Crippen LogP contribution in [0.5, 0.6) is 5.75 Å². The van der Waals surface area contributed by atoms with Gasteiger partial charge in [-0.1, -0.05) is 54.2 Å². The van der Waals surface area contributed by atoms with Crippen LogP contribution in [0.25, 0.3) is 0 Å². The zero-order chi connectivity index (χ0) is 24.2. The molecule has 0 spiro atoms. The second-order valence-electron chi connectivity index (χ2n) is 8.63. The minimum atomic E-state index is -0.242. The van der Waals surface area contributed by atoms with Gasteiger partial charge in [-0.2, -0.15) is 0 Å². The summed E-state index contributed by atoms with van der Waals surface area (Å²) in [4.78, 5) is 33.5. The smallest absolute Gasteiger partial charge is 0.250 e. The Hall–Kier alpha value is -3.43. The van der Waals surface area contributed by atoms with Crippen molar-refractivity contribution in [3.8, 4) is 5.75 Å². The maximum absolute atomic E-state index is 12.3. The van der Waals surface area contributed by atoms with Gasteiger partial charge in [-0.25, -0.2) is 4.99 Å². The molecular formula is C26H26N4O4S. The fraction of sp³-hybridized carbons (Fsp3) is 0.308. The van der Waals surface area contributed by atoms with Gasteiger partial charge >= 0.3 is 0 Å². The van der Waals surface area contributed by atoms with E-state index in [4.69, 9.17) is 9.47 Å². The number of amides is 2. The van der Waals surface area contributed by atoms with Crippen molar-refractivity contribution in [1.82, 2.24) is 5.32 Å². The van der Waals surface area contributed by atoms with Crippen LogP contribution in [-0.4, -0.2) is 40.9 Å². The molecule has 2 aliphatic heterocycles. The Kier molecular flexibility index (Phi) is 6.96. The first kappa shape index (κ1) is 23.3. The summed E-state index contributed by atoms with van der Waals surface area (Å²) in [6.45, 7) is 2.26. The highest BCUT2D eigenvalue weighted by molar-refractivity contribution is 8.14. The number of nitrogens with zero attached hydrogens (tertiary/aromatic N) is 2. The molecule has 180 valence electrons. The van der Waals surface area contributed by atoms with E-state index in [-0.39, 0.29) is 35.8 Å². The maximum atomic E-state index is 12.3. The third kappa shape index (κ3) is 6.17. The van der Waals surface area contributed by atoms with E-state index in [0.29, 0.717) is 29.1 Å². The number of hydrogen-bond donors (Lipinski definition) is 2. The zero-order valence-electron chi connectivity index (χ0n) is 19.3. The lowest BCUT2D eigenvalue weighted by atomic mass is 10.2. The Morgan fingerprint density at radius 3 is 2.71 bits per heavy atom. The van der Waals surface area contributed by atoms with E-state index in [0.717, 1.165) is 24.0 Å². The number of fused-ring (bicyclic) bond motifs is 1. The molecule has 1 aliphatic carbocycles. The lowest BCUT2D eigenvalue weighted by molar-refractivity contribution is -0.121. The van der Waals surface area contributed by atoms with Crippen LogP contribution in [0.1, 0.15) is 24.0 Å². The maximum Gasteiger partial charge on any atom is 0.250 e. The Morgan fingerprint density at radius 2 is 1.91 bits per heavy atom. The van der Waals surface area contributed by atoms with Crippen LogP contribution in [0.15, 0.2) is 70.7 Å². The highest BCUT2D eigenvalue weighted by Gasteiger charge is 2.35. The number of aliphatic imine (C=N–C) groups is 2.